The van der Waals surface area contributed by atoms with Crippen LogP contribution in [0.25, 0.3) is 0 Å². The number of aliphatic carboxylic acids is 1. The number of nitrogens with zero attached hydrogens (tertiary/aromatic N) is 2. The molecule has 0 aromatic heterocycles. The molecule has 0 rings (SSSR count). The lowest BCUT2D eigenvalue weighted by Gasteiger charge is -2.25. The van der Waals surface area contributed by atoms with Gasteiger partial charge in [0.25, 0.3) is 0 Å². The predicted octanol–water partition coefficient (Wildman–Crippen LogP) is -1.67. The second-order valence-electron chi connectivity index (χ2n) is 8.80. The van der Waals surface area contributed by atoms with E-state index in [0.29, 0.717) is 32.2 Å². The molecule has 5 unspecified atom stereocenters. The largest absolute Gasteiger partial charge is 0.480 e. The smallest absolute Gasteiger partial charge is 0.326 e. The summed E-state index contributed by atoms with van der Waals surface area (Å²) in [6.45, 7) is 7.35. The van der Waals surface area contributed by atoms with Crippen LogP contribution in [0.5, 0.6) is 0 Å². The lowest BCUT2D eigenvalue weighted by Crippen LogP contribution is -2.56. The van der Waals surface area contributed by atoms with Crippen molar-refractivity contribution in [3.8, 4) is 0 Å². The third-order valence-corrected chi connectivity index (χ3v) is 5.64. The van der Waals surface area contributed by atoms with Gasteiger partial charge in [-0.2, -0.15) is 0 Å². The van der Waals surface area contributed by atoms with Gasteiger partial charge >= 0.3 is 5.97 Å². The molecule has 0 aromatic carbocycles. The molecular weight excluding hydrogens is 470 g/mol. The number of aliphatic imine (C=N–C) groups is 2. The van der Waals surface area contributed by atoms with Gasteiger partial charge in [0, 0.05) is 19.0 Å². The molecule has 0 spiro atoms. The van der Waals surface area contributed by atoms with E-state index in [1.807, 2.05) is 6.92 Å². The molecule has 0 aliphatic carbocycles. The van der Waals surface area contributed by atoms with Crippen LogP contribution in [0.1, 0.15) is 59.8 Å². The van der Waals surface area contributed by atoms with Crippen molar-refractivity contribution in [1.82, 2.24) is 16.0 Å². The second kappa shape index (κ2) is 16.9. The minimum absolute atomic E-state index is 0.0203. The van der Waals surface area contributed by atoms with Crippen LogP contribution >= 0.6 is 0 Å². The molecule has 5 atom stereocenters. The third-order valence-electron chi connectivity index (χ3n) is 5.64. The Morgan fingerprint density at radius 1 is 0.778 bits per heavy atom. The summed E-state index contributed by atoms with van der Waals surface area (Å²) in [4.78, 5) is 57.5. The fraction of sp³-hybridized carbons (Fsp3) is 0.727. The van der Waals surface area contributed by atoms with Gasteiger partial charge in [0.1, 0.15) is 18.1 Å². The molecule has 0 saturated heterocycles. The van der Waals surface area contributed by atoms with E-state index in [-0.39, 0.29) is 42.6 Å². The van der Waals surface area contributed by atoms with Crippen LogP contribution in [0, 0.1) is 11.8 Å². The Morgan fingerprint density at radius 3 is 1.78 bits per heavy atom. The lowest BCUT2D eigenvalue weighted by atomic mass is 9.98. The molecule has 0 aliphatic heterocycles. The Balaban J connectivity index is 5.19. The zero-order chi connectivity index (χ0) is 27.8. The molecule has 3 amide bonds. The molecule has 14 nitrogen and oxygen atoms in total. The minimum atomic E-state index is -1.17. The zero-order valence-corrected chi connectivity index (χ0v) is 21.6. The fourth-order valence-electron chi connectivity index (χ4n) is 3.16. The van der Waals surface area contributed by atoms with Crippen LogP contribution in [0.15, 0.2) is 9.98 Å². The molecule has 0 aliphatic rings. The highest BCUT2D eigenvalue weighted by atomic mass is 16.4. The fourth-order valence-corrected chi connectivity index (χ4v) is 3.16. The van der Waals surface area contributed by atoms with Gasteiger partial charge in [-0.15, -0.1) is 0 Å². The molecule has 0 heterocycles. The van der Waals surface area contributed by atoms with Crippen LogP contribution in [0.2, 0.25) is 0 Å². The SMILES string of the molecule is CCC(C)C(NC(=O)C(CCCN=C(N)N)NC(=O)C(C)NC(=O)C(C)CCCN=C(N)N)C(=O)O. The van der Waals surface area contributed by atoms with Crippen molar-refractivity contribution in [2.45, 2.75) is 77.9 Å². The van der Waals surface area contributed by atoms with Crippen LogP contribution < -0.4 is 38.9 Å². The van der Waals surface area contributed by atoms with Crippen molar-refractivity contribution < 1.29 is 24.3 Å². The Hall–Kier alpha value is -3.58. The summed E-state index contributed by atoms with van der Waals surface area (Å²) in [5.41, 5.74) is 21.2. The van der Waals surface area contributed by atoms with Gasteiger partial charge in [0.15, 0.2) is 11.9 Å². The van der Waals surface area contributed by atoms with Gasteiger partial charge in [-0.25, -0.2) is 4.79 Å². The molecule has 206 valence electrons. The van der Waals surface area contributed by atoms with Crippen molar-refractivity contribution >= 4 is 35.6 Å². The first-order valence-corrected chi connectivity index (χ1v) is 12.0. The van der Waals surface area contributed by atoms with Crippen molar-refractivity contribution in [3.05, 3.63) is 0 Å². The molecule has 36 heavy (non-hydrogen) atoms. The van der Waals surface area contributed by atoms with Crippen LogP contribution in [-0.2, 0) is 19.2 Å². The summed E-state index contributed by atoms with van der Waals surface area (Å²) in [5, 5.41) is 17.2. The topological polar surface area (TPSA) is 253 Å². The maximum atomic E-state index is 12.9. The highest BCUT2D eigenvalue weighted by molar-refractivity contribution is 5.93. The van der Waals surface area contributed by atoms with Gasteiger partial charge in [-0.3, -0.25) is 24.4 Å². The number of carbonyl (C=O) groups excluding carboxylic acids is 3. The van der Waals surface area contributed by atoms with E-state index in [0.717, 1.165) is 0 Å². The standard InChI is InChI=1S/C22H43N9O5/c1-5-12(2)16(20(35)36)31-19(34)15(9-7-11-28-22(25)26)30-18(33)14(4)29-17(32)13(3)8-6-10-27-21(23)24/h12-16H,5-11H2,1-4H3,(H,29,32)(H,30,33)(H,31,34)(H,35,36)(H4,23,24,27)(H4,25,26,28). The lowest BCUT2D eigenvalue weighted by molar-refractivity contribution is -0.144. The minimum Gasteiger partial charge on any atom is -0.480 e. The number of nitrogens with two attached hydrogens (primary N) is 4. The van der Waals surface area contributed by atoms with E-state index < -0.39 is 35.9 Å². The Bertz CT molecular complexity index is 795. The number of rotatable bonds is 17. The van der Waals surface area contributed by atoms with Crippen molar-refractivity contribution in [2.24, 2.45) is 44.8 Å². The van der Waals surface area contributed by atoms with E-state index in [1.165, 1.54) is 6.92 Å². The summed E-state index contributed by atoms with van der Waals surface area (Å²) >= 11 is 0. The Morgan fingerprint density at radius 2 is 1.31 bits per heavy atom. The number of carboxylic acid groups (broad SMARTS) is 1. The summed E-state index contributed by atoms with van der Waals surface area (Å²) in [5.74, 6) is -3.58. The van der Waals surface area contributed by atoms with E-state index >= 15 is 0 Å². The van der Waals surface area contributed by atoms with Gasteiger partial charge in [-0.05, 0) is 38.5 Å². The quantitative estimate of drug-likeness (QED) is 0.0627. The number of carboxylic acids is 1. The van der Waals surface area contributed by atoms with Gasteiger partial charge < -0.3 is 44.0 Å². The van der Waals surface area contributed by atoms with Crippen LogP contribution in [0.4, 0.5) is 0 Å². The number of amides is 3. The number of carbonyl (C=O) groups is 4. The van der Waals surface area contributed by atoms with E-state index in [1.54, 1.807) is 13.8 Å². The molecule has 0 radical (unpaired) electrons. The normalized spacial score (nSPS) is 14.8. The Labute approximate surface area is 212 Å². The molecule has 12 N–H and O–H groups in total. The summed E-state index contributed by atoms with van der Waals surface area (Å²) in [6, 6.07) is -3.10. The first-order valence-electron chi connectivity index (χ1n) is 12.0. The molecule has 0 saturated carbocycles. The maximum Gasteiger partial charge on any atom is 0.326 e. The van der Waals surface area contributed by atoms with Crippen molar-refractivity contribution in [2.75, 3.05) is 13.1 Å². The van der Waals surface area contributed by atoms with Crippen LogP contribution in [-0.4, -0.2) is 71.9 Å². The van der Waals surface area contributed by atoms with E-state index in [2.05, 4.69) is 25.9 Å². The highest BCUT2D eigenvalue weighted by Gasteiger charge is 2.30. The average Bonchev–Trinajstić information content (AvgIpc) is 2.80. The number of nitrogens with one attached hydrogen (secondary N) is 3. The summed E-state index contributed by atoms with van der Waals surface area (Å²) in [6.07, 6.45) is 2.14. The van der Waals surface area contributed by atoms with Crippen molar-refractivity contribution in [3.63, 3.8) is 0 Å². The summed E-state index contributed by atoms with van der Waals surface area (Å²) in [7, 11) is 0. The molecule has 14 heteroatoms. The molecule has 0 aromatic rings. The first kappa shape index (κ1) is 32.4. The number of hydrogen-bond donors (Lipinski definition) is 8. The monoisotopic (exact) mass is 513 g/mol. The maximum absolute atomic E-state index is 12.9. The van der Waals surface area contributed by atoms with Crippen molar-refractivity contribution in [1.29, 1.82) is 0 Å². The van der Waals surface area contributed by atoms with E-state index in [9.17, 15) is 24.3 Å². The van der Waals surface area contributed by atoms with Gasteiger partial charge in [-0.1, -0.05) is 27.2 Å². The second-order valence-corrected chi connectivity index (χ2v) is 8.80. The predicted molar refractivity (Wildman–Crippen MR) is 138 cm³/mol. The van der Waals surface area contributed by atoms with Crippen LogP contribution in [0.3, 0.4) is 0 Å². The average molecular weight is 514 g/mol. The summed E-state index contributed by atoms with van der Waals surface area (Å²) < 4.78 is 0. The van der Waals surface area contributed by atoms with Gasteiger partial charge in [0.05, 0.1) is 0 Å². The van der Waals surface area contributed by atoms with E-state index in [4.69, 9.17) is 22.9 Å². The zero-order valence-electron chi connectivity index (χ0n) is 21.6. The molecule has 0 bridgehead atoms. The highest BCUT2D eigenvalue weighted by Crippen LogP contribution is 2.10. The molecule has 0 fully saturated rings. The number of guanidine groups is 2. The third kappa shape index (κ3) is 13.3. The number of hydrogen-bond acceptors (Lipinski definition) is 6. The first-order chi connectivity index (χ1) is 16.8. The Kier molecular flexibility index (Phi) is 15.3. The van der Waals surface area contributed by atoms with Gasteiger partial charge in [0.2, 0.25) is 17.7 Å². The molecular formula is C22H43N9O5.